The fourth-order valence-electron chi connectivity index (χ4n) is 1.76. The number of halogens is 2. The SMILES string of the molecule is CO[C@H]1CN(c2cc(N)c(Cl)cn2)C[C@H]1F. The minimum absolute atomic E-state index is 0.270. The molecular weight excluding hydrogens is 233 g/mol. The first-order valence-corrected chi connectivity index (χ1v) is 5.32. The molecule has 1 aromatic rings. The Morgan fingerprint density at radius 3 is 2.94 bits per heavy atom. The van der Waals surface area contributed by atoms with E-state index in [0.29, 0.717) is 23.1 Å². The second-order valence-electron chi connectivity index (χ2n) is 3.76. The number of anilines is 2. The maximum absolute atomic E-state index is 13.5. The van der Waals surface area contributed by atoms with Gasteiger partial charge >= 0.3 is 0 Å². The largest absolute Gasteiger partial charge is 0.397 e. The number of methoxy groups -OCH3 is 1. The minimum Gasteiger partial charge on any atom is -0.397 e. The lowest BCUT2D eigenvalue weighted by atomic mass is 10.3. The Hall–Kier alpha value is -1.07. The van der Waals surface area contributed by atoms with Crippen molar-refractivity contribution in [3.8, 4) is 0 Å². The lowest BCUT2D eigenvalue weighted by Gasteiger charge is -2.16. The lowest BCUT2D eigenvalue weighted by Crippen LogP contribution is -2.23. The van der Waals surface area contributed by atoms with E-state index >= 15 is 0 Å². The Morgan fingerprint density at radius 1 is 1.62 bits per heavy atom. The molecule has 1 aliphatic heterocycles. The highest BCUT2D eigenvalue weighted by molar-refractivity contribution is 6.32. The number of rotatable bonds is 2. The topological polar surface area (TPSA) is 51.4 Å². The molecule has 0 bridgehead atoms. The van der Waals surface area contributed by atoms with Crippen molar-refractivity contribution in [3.05, 3.63) is 17.3 Å². The highest BCUT2D eigenvalue weighted by Gasteiger charge is 2.33. The Labute approximate surface area is 98.2 Å². The zero-order valence-corrected chi connectivity index (χ0v) is 9.62. The number of alkyl halides is 1. The van der Waals surface area contributed by atoms with Gasteiger partial charge in [0.1, 0.15) is 18.1 Å². The molecule has 1 saturated heterocycles. The zero-order valence-electron chi connectivity index (χ0n) is 8.86. The number of pyridine rings is 1. The number of hydrogen-bond acceptors (Lipinski definition) is 4. The van der Waals surface area contributed by atoms with Gasteiger partial charge in [0.05, 0.1) is 17.3 Å². The Balaban J connectivity index is 2.17. The third kappa shape index (κ3) is 2.05. The molecule has 0 amide bonds. The fourth-order valence-corrected chi connectivity index (χ4v) is 1.86. The fraction of sp³-hybridized carbons (Fsp3) is 0.500. The first-order valence-electron chi connectivity index (χ1n) is 4.94. The van der Waals surface area contributed by atoms with Crippen LogP contribution in [-0.2, 0) is 4.74 Å². The standard InChI is InChI=1S/C10H13ClFN3O/c1-16-9-5-15(4-7(9)12)10-2-8(13)6(11)3-14-10/h2-3,7,9H,4-5H2,1H3,(H2,13,14)/t7-,9+/m1/s1. The summed E-state index contributed by atoms with van der Waals surface area (Å²) in [6.07, 6.45) is 0.0713. The summed E-state index contributed by atoms with van der Waals surface area (Å²) in [5, 5.41) is 0.406. The highest BCUT2D eigenvalue weighted by Crippen LogP contribution is 2.26. The Kier molecular flexibility index (Phi) is 3.16. The number of ether oxygens (including phenoxy) is 1. The van der Waals surface area contributed by atoms with Gasteiger partial charge in [0.15, 0.2) is 0 Å². The second-order valence-corrected chi connectivity index (χ2v) is 4.17. The maximum Gasteiger partial charge on any atom is 0.145 e. The molecule has 1 fully saturated rings. The summed E-state index contributed by atoms with van der Waals surface area (Å²) in [5.41, 5.74) is 6.11. The van der Waals surface area contributed by atoms with E-state index in [-0.39, 0.29) is 6.54 Å². The smallest absolute Gasteiger partial charge is 0.145 e. The molecule has 4 nitrogen and oxygen atoms in total. The molecule has 1 aliphatic rings. The van der Waals surface area contributed by atoms with Crippen LogP contribution < -0.4 is 10.6 Å². The van der Waals surface area contributed by atoms with Crippen molar-refractivity contribution < 1.29 is 9.13 Å². The van der Waals surface area contributed by atoms with E-state index in [0.717, 1.165) is 0 Å². The van der Waals surface area contributed by atoms with Gasteiger partial charge in [-0.05, 0) is 0 Å². The summed E-state index contributed by atoms with van der Waals surface area (Å²) in [7, 11) is 1.50. The van der Waals surface area contributed by atoms with Crippen LogP contribution in [0, 0.1) is 0 Å². The average Bonchev–Trinajstić information content (AvgIpc) is 2.64. The van der Waals surface area contributed by atoms with E-state index in [1.165, 1.54) is 13.3 Å². The predicted octanol–water partition coefficient (Wildman–Crippen LogP) is 1.49. The number of hydrogen-bond donors (Lipinski definition) is 1. The Bertz CT molecular complexity index is 390. The first kappa shape index (κ1) is 11.4. The van der Waals surface area contributed by atoms with Gasteiger partial charge in [-0.2, -0.15) is 0 Å². The molecule has 0 spiro atoms. The van der Waals surface area contributed by atoms with Gasteiger partial charge < -0.3 is 15.4 Å². The number of aromatic nitrogens is 1. The average molecular weight is 246 g/mol. The van der Waals surface area contributed by atoms with E-state index in [1.54, 1.807) is 11.0 Å². The molecule has 0 radical (unpaired) electrons. The molecule has 16 heavy (non-hydrogen) atoms. The molecule has 2 N–H and O–H groups in total. The van der Waals surface area contributed by atoms with Crippen molar-refractivity contribution in [1.82, 2.24) is 4.98 Å². The van der Waals surface area contributed by atoms with Crippen LogP contribution in [-0.4, -0.2) is 37.5 Å². The summed E-state index contributed by atoms with van der Waals surface area (Å²) in [4.78, 5) is 5.91. The third-order valence-corrected chi connectivity index (χ3v) is 3.01. The normalized spacial score (nSPS) is 25.1. The molecule has 0 saturated carbocycles. The van der Waals surface area contributed by atoms with E-state index in [1.807, 2.05) is 0 Å². The second kappa shape index (κ2) is 4.43. The molecule has 0 unspecified atom stereocenters. The monoisotopic (exact) mass is 245 g/mol. The van der Waals surface area contributed by atoms with Crippen molar-refractivity contribution in [1.29, 1.82) is 0 Å². The number of nitrogens with two attached hydrogens (primary N) is 1. The van der Waals surface area contributed by atoms with Crippen LogP contribution >= 0.6 is 11.6 Å². The molecule has 0 aromatic carbocycles. The van der Waals surface area contributed by atoms with E-state index in [2.05, 4.69) is 4.98 Å². The first-order chi connectivity index (χ1) is 7.61. The van der Waals surface area contributed by atoms with Crippen LogP contribution in [0.4, 0.5) is 15.9 Å². The molecule has 2 rings (SSSR count). The van der Waals surface area contributed by atoms with Crippen molar-refractivity contribution in [2.75, 3.05) is 30.8 Å². The van der Waals surface area contributed by atoms with Gasteiger partial charge in [0, 0.05) is 25.9 Å². The van der Waals surface area contributed by atoms with Crippen LogP contribution in [0.15, 0.2) is 12.3 Å². The van der Waals surface area contributed by atoms with Crippen LogP contribution in [0.25, 0.3) is 0 Å². The number of nitrogen functional groups attached to an aromatic ring is 1. The van der Waals surface area contributed by atoms with Gasteiger partial charge in [-0.15, -0.1) is 0 Å². The van der Waals surface area contributed by atoms with Crippen molar-refractivity contribution in [2.24, 2.45) is 0 Å². The number of nitrogens with zero attached hydrogens (tertiary/aromatic N) is 2. The summed E-state index contributed by atoms with van der Waals surface area (Å²) >= 11 is 5.77. The summed E-state index contributed by atoms with van der Waals surface area (Å²) in [6, 6.07) is 1.65. The maximum atomic E-state index is 13.5. The predicted molar refractivity (Wildman–Crippen MR) is 61.6 cm³/mol. The van der Waals surface area contributed by atoms with Gasteiger partial charge in [-0.1, -0.05) is 11.6 Å². The summed E-state index contributed by atoms with van der Waals surface area (Å²) < 4.78 is 18.5. The third-order valence-electron chi connectivity index (χ3n) is 2.70. The van der Waals surface area contributed by atoms with Gasteiger partial charge in [-0.25, -0.2) is 9.37 Å². The van der Waals surface area contributed by atoms with Crippen molar-refractivity contribution in [3.63, 3.8) is 0 Å². The van der Waals surface area contributed by atoms with Crippen LogP contribution in [0.1, 0.15) is 0 Å². The van der Waals surface area contributed by atoms with Crippen molar-refractivity contribution in [2.45, 2.75) is 12.3 Å². The minimum atomic E-state index is -0.997. The van der Waals surface area contributed by atoms with E-state index in [9.17, 15) is 4.39 Å². The molecule has 2 atom stereocenters. The molecular formula is C10H13ClFN3O. The molecule has 2 heterocycles. The molecule has 88 valence electrons. The van der Waals surface area contributed by atoms with E-state index in [4.69, 9.17) is 22.1 Å². The van der Waals surface area contributed by atoms with Crippen molar-refractivity contribution >= 4 is 23.1 Å². The van der Waals surface area contributed by atoms with Crippen LogP contribution in [0.5, 0.6) is 0 Å². The highest BCUT2D eigenvalue weighted by atomic mass is 35.5. The van der Waals surface area contributed by atoms with Crippen LogP contribution in [0.2, 0.25) is 5.02 Å². The lowest BCUT2D eigenvalue weighted by molar-refractivity contribution is 0.0650. The summed E-state index contributed by atoms with van der Waals surface area (Å²) in [6.45, 7) is 0.748. The van der Waals surface area contributed by atoms with Crippen LogP contribution in [0.3, 0.4) is 0 Å². The van der Waals surface area contributed by atoms with Gasteiger partial charge in [0.2, 0.25) is 0 Å². The van der Waals surface area contributed by atoms with E-state index < -0.39 is 12.3 Å². The molecule has 1 aromatic heterocycles. The Morgan fingerprint density at radius 2 is 2.38 bits per heavy atom. The quantitative estimate of drug-likeness (QED) is 0.858. The molecule has 6 heteroatoms. The molecule has 0 aliphatic carbocycles. The van der Waals surface area contributed by atoms with Gasteiger partial charge in [-0.3, -0.25) is 0 Å². The zero-order chi connectivity index (χ0) is 11.7. The van der Waals surface area contributed by atoms with Gasteiger partial charge in [0.25, 0.3) is 0 Å². The summed E-state index contributed by atoms with van der Waals surface area (Å²) in [5.74, 6) is 0.629.